The van der Waals surface area contributed by atoms with Gasteiger partial charge in [-0.3, -0.25) is 9.48 Å². The van der Waals surface area contributed by atoms with Crippen LogP contribution in [0.1, 0.15) is 37.2 Å². The molecule has 0 fully saturated rings. The molecule has 9 heteroatoms. The highest BCUT2D eigenvalue weighted by Crippen LogP contribution is 2.27. The first-order valence-corrected chi connectivity index (χ1v) is 9.40. The average molecular weight is 410 g/mol. The first-order chi connectivity index (χ1) is 13.9. The van der Waals surface area contributed by atoms with Crippen molar-refractivity contribution in [3.63, 3.8) is 0 Å². The number of nitrogens with one attached hydrogen (secondary N) is 2. The Bertz CT molecular complexity index is 1050. The third-order valence-corrected chi connectivity index (χ3v) is 4.37. The van der Waals surface area contributed by atoms with Crippen molar-refractivity contribution in [2.75, 3.05) is 5.32 Å². The molecule has 1 amide bonds. The van der Waals surface area contributed by atoms with E-state index < -0.39 is 6.04 Å². The van der Waals surface area contributed by atoms with Gasteiger partial charge in [0.05, 0.1) is 34.9 Å². The van der Waals surface area contributed by atoms with Crippen LogP contribution in [0, 0.1) is 11.3 Å². The number of carbonyl (C=O) groups is 1. The minimum atomic E-state index is -0.563. The highest BCUT2D eigenvalue weighted by molar-refractivity contribution is 6.32. The van der Waals surface area contributed by atoms with Gasteiger partial charge in [-0.25, -0.2) is 9.97 Å². The van der Waals surface area contributed by atoms with Crippen LogP contribution in [0.5, 0.6) is 0 Å². The molecule has 0 spiro atoms. The van der Waals surface area contributed by atoms with Crippen molar-refractivity contribution in [2.24, 2.45) is 0 Å². The van der Waals surface area contributed by atoms with Crippen LogP contribution in [0.4, 0.5) is 11.6 Å². The third kappa shape index (κ3) is 4.89. The number of halogens is 1. The lowest BCUT2D eigenvalue weighted by molar-refractivity contribution is 0.0948. The van der Waals surface area contributed by atoms with E-state index in [9.17, 15) is 4.79 Å². The predicted octanol–water partition coefficient (Wildman–Crippen LogP) is 3.96. The Morgan fingerprint density at radius 3 is 2.55 bits per heavy atom. The minimum Gasteiger partial charge on any atom is -0.337 e. The van der Waals surface area contributed by atoms with Gasteiger partial charge in [-0.15, -0.1) is 0 Å². The van der Waals surface area contributed by atoms with E-state index >= 15 is 0 Å². The van der Waals surface area contributed by atoms with Gasteiger partial charge >= 0.3 is 0 Å². The maximum Gasteiger partial charge on any atom is 0.252 e. The lowest BCUT2D eigenvalue weighted by Gasteiger charge is -2.09. The molecule has 0 aliphatic rings. The van der Waals surface area contributed by atoms with Gasteiger partial charge in [-0.2, -0.15) is 10.4 Å². The van der Waals surface area contributed by atoms with Gasteiger partial charge in [0.2, 0.25) is 5.95 Å². The minimum absolute atomic E-state index is 0.249. The number of nitriles is 1. The van der Waals surface area contributed by atoms with Gasteiger partial charge in [0, 0.05) is 23.4 Å². The van der Waals surface area contributed by atoms with E-state index in [0.29, 0.717) is 22.2 Å². The average Bonchev–Trinajstić information content (AvgIpc) is 3.18. The monoisotopic (exact) mass is 409 g/mol. The molecule has 148 valence electrons. The fourth-order valence-electron chi connectivity index (χ4n) is 2.54. The quantitative estimate of drug-likeness (QED) is 0.637. The maximum absolute atomic E-state index is 12.1. The van der Waals surface area contributed by atoms with Crippen LogP contribution in [0.25, 0.3) is 11.3 Å². The van der Waals surface area contributed by atoms with Gasteiger partial charge in [0.1, 0.15) is 6.04 Å². The van der Waals surface area contributed by atoms with E-state index in [1.807, 2.05) is 30.8 Å². The van der Waals surface area contributed by atoms with Crippen LogP contribution in [0.2, 0.25) is 5.02 Å². The summed E-state index contributed by atoms with van der Waals surface area (Å²) in [5, 5.41) is 19.2. The molecule has 0 radical (unpaired) electrons. The van der Waals surface area contributed by atoms with Gasteiger partial charge in [-0.1, -0.05) is 23.7 Å². The van der Waals surface area contributed by atoms with Crippen molar-refractivity contribution in [1.82, 2.24) is 25.1 Å². The number of nitrogens with zero attached hydrogens (tertiary/aromatic N) is 5. The Balaban J connectivity index is 1.80. The smallest absolute Gasteiger partial charge is 0.252 e. The Morgan fingerprint density at radius 1 is 1.21 bits per heavy atom. The molecular formula is C20H20ClN7O. The number of anilines is 2. The molecule has 2 heterocycles. The highest BCUT2D eigenvalue weighted by Gasteiger charge is 2.12. The molecule has 0 bridgehead atoms. The Hall–Kier alpha value is -3.44. The molecule has 2 N–H and O–H groups in total. The van der Waals surface area contributed by atoms with E-state index in [4.69, 9.17) is 16.9 Å². The second-order valence-electron chi connectivity index (χ2n) is 6.72. The summed E-state index contributed by atoms with van der Waals surface area (Å²) in [5.74, 6) is 0.0706. The van der Waals surface area contributed by atoms with Crippen LogP contribution < -0.4 is 10.6 Å². The number of aromatic nitrogens is 4. The van der Waals surface area contributed by atoms with E-state index in [1.165, 1.54) is 6.20 Å². The fraction of sp³-hybridized carbons (Fsp3) is 0.250. The molecule has 1 atom stereocenters. The summed E-state index contributed by atoms with van der Waals surface area (Å²) in [6, 6.07) is 8.47. The molecule has 0 saturated heterocycles. The molecule has 0 aliphatic heterocycles. The number of hydrogen-bond donors (Lipinski definition) is 2. The van der Waals surface area contributed by atoms with Crippen LogP contribution in [-0.4, -0.2) is 31.7 Å². The standard InChI is InChI=1S/C20H20ClN7O/c1-12(2)28-11-16(9-24-28)26-20-23-10-17(21)18(27-20)14-4-6-15(7-5-14)19(29)25-13(3)8-22/h4-7,9-13H,1-3H3,(H,25,29)(H,23,26,27). The zero-order valence-corrected chi connectivity index (χ0v) is 17.0. The third-order valence-electron chi connectivity index (χ3n) is 4.09. The predicted molar refractivity (Wildman–Crippen MR) is 111 cm³/mol. The van der Waals surface area contributed by atoms with Crippen molar-refractivity contribution >= 4 is 29.1 Å². The molecule has 0 saturated carbocycles. The van der Waals surface area contributed by atoms with E-state index in [1.54, 1.807) is 37.4 Å². The van der Waals surface area contributed by atoms with Crippen molar-refractivity contribution < 1.29 is 4.79 Å². The summed E-state index contributed by atoms with van der Waals surface area (Å²) in [6.07, 6.45) is 5.10. The lowest BCUT2D eigenvalue weighted by Crippen LogP contribution is -2.31. The number of hydrogen-bond acceptors (Lipinski definition) is 6. The number of amides is 1. The lowest BCUT2D eigenvalue weighted by atomic mass is 10.1. The zero-order valence-electron chi connectivity index (χ0n) is 16.2. The summed E-state index contributed by atoms with van der Waals surface area (Å²) >= 11 is 6.28. The molecule has 3 rings (SSSR count). The largest absolute Gasteiger partial charge is 0.337 e. The van der Waals surface area contributed by atoms with Crippen LogP contribution in [0.3, 0.4) is 0 Å². The Morgan fingerprint density at radius 2 is 1.93 bits per heavy atom. The van der Waals surface area contributed by atoms with Crippen LogP contribution >= 0.6 is 11.6 Å². The van der Waals surface area contributed by atoms with Gasteiger partial charge in [-0.05, 0) is 32.9 Å². The molecule has 2 aromatic heterocycles. The Labute approximate surface area is 173 Å². The summed E-state index contributed by atoms with van der Waals surface area (Å²) < 4.78 is 1.83. The molecule has 8 nitrogen and oxygen atoms in total. The summed E-state index contributed by atoms with van der Waals surface area (Å²) in [7, 11) is 0. The van der Waals surface area contributed by atoms with E-state index in [0.717, 1.165) is 11.3 Å². The summed E-state index contributed by atoms with van der Waals surface area (Å²) in [6.45, 7) is 5.70. The summed E-state index contributed by atoms with van der Waals surface area (Å²) in [5.41, 5.74) is 2.49. The highest BCUT2D eigenvalue weighted by atomic mass is 35.5. The topological polar surface area (TPSA) is 109 Å². The van der Waals surface area contributed by atoms with Crippen molar-refractivity contribution in [2.45, 2.75) is 32.9 Å². The van der Waals surface area contributed by atoms with E-state index in [-0.39, 0.29) is 11.9 Å². The first kappa shape index (κ1) is 20.3. The first-order valence-electron chi connectivity index (χ1n) is 9.02. The second kappa shape index (κ2) is 8.71. The fourth-order valence-corrected chi connectivity index (χ4v) is 2.74. The van der Waals surface area contributed by atoms with Gasteiger partial charge in [0.15, 0.2) is 0 Å². The normalized spacial score (nSPS) is 11.7. The molecule has 3 aromatic rings. The number of carbonyl (C=O) groups excluding carboxylic acids is 1. The molecule has 29 heavy (non-hydrogen) atoms. The van der Waals surface area contributed by atoms with Crippen molar-refractivity contribution in [3.8, 4) is 17.3 Å². The van der Waals surface area contributed by atoms with Gasteiger partial charge in [0.25, 0.3) is 5.91 Å². The second-order valence-corrected chi connectivity index (χ2v) is 7.13. The Kier molecular flexibility index (Phi) is 6.10. The summed E-state index contributed by atoms with van der Waals surface area (Å²) in [4.78, 5) is 20.8. The molecule has 1 unspecified atom stereocenters. The number of benzene rings is 1. The zero-order chi connectivity index (χ0) is 21.0. The molecule has 1 aromatic carbocycles. The molecule has 0 aliphatic carbocycles. The number of rotatable bonds is 6. The SMILES string of the molecule is CC(C#N)NC(=O)c1ccc(-c2nc(Nc3cnn(C(C)C)c3)ncc2Cl)cc1. The molecular weight excluding hydrogens is 390 g/mol. The van der Waals surface area contributed by atoms with Crippen molar-refractivity contribution in [3.05, 3.63) is 53.4 Å². The van der Waals surface area contributed by atoms with E-state index in [2.05, 4.69) is 25.7 Å². The van der Waals surface area contributed by atoms with Gasteiger partial charge < -0.3 is 10.6 Å². The van der Waals surface area contributed by atoms with Crippen LogP contribution in [-0.2, 0) is 0 Å². The van der Waals surface area contributed by atoms with Crippen LogP contribution in [0.15, 0.2) is 42.9 Å². The van der Waals surface area contributed by atoms with Crippen molar-refractivity contribution in [1.29, 1.82) is 5.26 Å². The maximum atomic E-state index is 12.1.